The summed E-state index contributed by atoms with van der Waals surface area (Å²) in [6.45, 7) is 1.51. The number of imidazole rings is 1. The summed E-state index contributed by atoms with van der Waals surface area (Å²) in [7, 11) is -1.75. The van der Waals surface area contributed by atoms with Crippen molar-refractivity contribution >= 4 is 32.5 Å². The van der Waals surface area contributed by atoms with Gasteiger partial charge in [0, 0.05) is 18.8 Å². The molecule has 1 saturated heterocycles. The molecule has 0 amide bonds. The molecule has 3 aromatic rings. The lowest BCUT2D eigenvalue weighted by atomic mass is 10.1. The van der Waals surface area contributed by atoms with Gasteiger partial charge in [0.15, 0.2) is 0 Å². The van der Waals surface area contributed by atoms with Gasteiger partial charge < -0.3 is 9.64 Å². The van der Waals surface area contributed by atoms with E-state index in [1.807, 2.05) is 22.7 Å². The van der Waals surface area contributed by atoms with E-state index in [4.69, 9.17) is 8.92 Å². The van der Waals surface area contributed by atoms with Crippen molar-refractivity contribution < 1.29 is 17.3 Å². The van der Waals surface area contributed by atoms with E-state index in [1.54, 1.807) is 7.11 Å². The number of pyridine rings is 1. The van der Waals surface area contributed by atoms with Crippen molar-refractivity contribution in [1.82, 2.24) is 9.38 Å². The van der Waals surface area contributed by atoms with Crippen LogP contribution in [0.1, 0.15) is 12.8 Å². The zero-order valence-electron chi connectivity index (χ0n) is 14.8. The van der Waals surface area contributed by atoms with Crippen LogP contribution in [0.2, 0.25) is 0 Å². The third-order valence-electron chi connectivity index (χ3n) is 4.71. The smallest absolute Gasteiger partial charge is 0.264 e. The standard InChI is InChI=1S/C18H21N3O4S/c1-24-15-4-6-18-19-16-11-13(3-5-17(16)21(18)12-15)20-9-7-14(8-10-20)25-26(2,22)23/h3-6,11-12,14H,7-10H2,1-2H3. The molecule has 26 heavy (non-hydrogen) atoms. The Morgan fingerprint density at radius 2 is 1.92 bits per heavy atom. The van der Waals surface area contributed by atoms with Crippen molar-refractivity contribution in [2.75, 3.05) is 31.4 Å². The van der Waals surface area contributed by atoms with E-state index in [-0.39, 0.29) is 6.10 Å². The van der Waals surface area contributed by atoms with Gasteiger partial charge in [-0.25, -0.2) is 4.98 Å². The van der Waals surface area contributed by atoms with Crippen LogP contribution in [-0.2, 0) is 14.3 Å². The second-order valence-electron chi connectivity index (χ2n) is 6.57. The highest BCUT2D eigenvalue weighted by molar-refractivity contribution is 7.86. The number of fused-ring (bicyclic) bond motifs is 3. The van der Waals surface area contributed by atoms with Gasteiger partial charge >= 0.3 is 0 Å². The number of piperidine rings is 1. The molecule has 2 aromatic heterocycles. The van der Waals surface area contributed by atoms with Crippen LogP contribution >= 0.6 is 0 Å². The number of rotatable bonds is 4. The average molecular weight is 375 g/mol. The minimum atomic E-state index is -3.40. The molecule has 7 nitrogen and oxygen atoms in total. The Morgan fingerprint density at radius 3 is 2.62 bits per heavy atom. The lowest BCUT2D eigenvalue weighted by Gasteiger charge is -2.32. The fourth-order valence-corrected chi connectivity index (χ4v) is 4.15. The molecule has 138 valence electrons. The van der Waals surface area contributed by atoms with Gasteiger partial charge in [0.25, 0.3) is 10.1 Å². The topological polar surface area (TPSA) is 73.1 Å². The summed E-state index contributed by atoms with van der Waals surface area (Å²) in [6.07, 6.45) is 4.18. The number of ether oxygens (including phenoxy) is 1. The van der Waals surface area contributed by atoms with Crippen LogP contribution in [0.15, 0.2) is 36.5 Å². The lowest BCUT2D eigenvalue weighted by molar-refractivity contribution is 0.180. The maximum Gasteiger partial charge on any atom is 0.264 e. The van der Waals surface area contributed by atoms with E-state index in [0.717, 1.165) is 47.5 Å². The van der Waals surface area contributed by atoms with Crippen molar-refractivity contribution in [3.05, 3.63) is 36.5 Å². The van der Waals surface area contributed by atoms with Gasteiger partial charge in [-0.15, -0.1) is 0 Å². The van der Waals surface area contributed by atoms with Crippen LogP contribution in [0, 0.1) is 0 Å². The van der Waals surface area contributed by atoms with Gasteiger partial charge in [0.1, 0.15) is 11.4 Å². The van der Waals surface area contributed by atoms with E-state index in [9.17, 15) is 8.42 Å². The molecule has 0 radical (unpaired) electrons. The van der Waals surface area contributed by atoms with Gasteiger partial charge in [-0.2, -0.15) is 8.42 Å². The molecule has 0 spiro atoms. The second-order valence-corrected chi connectivity index (χ2v) is 8.17. The van der Waals surface area contributed by atoms with E-state index >= 15 is 0 Å². The molecule has 0 saturated carbocycles. The highest BCUT2D eigenvalue weighted by Crippen LogP contribution is 2.27. The van der Waals surface area contributed by atoms with Crippen LogP contribution in [-0.4, -0.2) is 50.4 Å². The quantitative estimate of drug-likeness (QED) is 0.652. The molecule has 1 aromatic carbocycles. The van der Waals surface area contributed by atoms with E-state index in [1.165, 1.54) is 0 Å². The zero-order valence-corrected chi connectivity index (χ0v) is 15.6. The molecule has 1 aliphatic heterocycles. The number of hydrogen-bond acceptors (Lipinski definition) is 6. The number of hydrogen-bond donors (Lipinski definition) is 0. The minimum Gasteiger partial charge on any atom is -0.495 e. The average Bonchev–Trinajstić information content (AvgIpc) is 2.97. The fraction of sp³-hybridized carbons (Fsp3) is 0.389. The molecule has 0 bridgehead atoms. The SMILES string of the molecule is COc1ccc2nc3cc(N4CCC(OS(C)(=O)=O)CC4)ccc3n2c1. The van der Waals surface area contributed by atoms with Gasteiger partial charge in [-0.3, -0.25) is 8.58 Å². The van der Waals surface area contributed by atoms with E-state index in [2.05, 4.69) is 28.1 Å². The summed E-state index contributed by atoms with van der Waals surface area (Å²) >= 11 is 0. The number of methoxy groups -OCH3 is 1. The molecule has 1 aliphatic rings. The molecule has 4 rings (SSSR count). The van der Waals surface area contributed by atoms with Crippen molar-refractivity contribution in [3.63, 3.8) is 0 Å². The molecule has 0 atom stereocenters. The summed E-state index contributed by atoms with van der Waals surface area (Å²) in [6, 6.07) is 10.0. The molecule has 1 fully saturated rings. The van der Waals surface area contributed by atoms with Gasteiger partial charge in [-0.05, 0) is 43.2 Å². The molecule has 8 heteroatoms. The third kappa shape index (κ3) is 3.34. The van der Waals surface area contributed by atoms with Crippen LogP contribution in [0.4, 0.5) is 5.69 Å². The fourth-order valence-electron chi connectivity index (χ4n) is 3.46. The summed E-state index contributed by atoms with van der Waals surface area (Å²) in [5, 5.41) is 0. The second kappa shape index (κ2) is 6.44. The van der Waals surface area contributed by atoms with Gasteiger partial charge in [0.2, 0.25) is 0 Å². The first-order chi connectivity index (χ1) is 12.4. The van der Waals surface area contributed by atoms with Crippen LogP contribution in [0.25, 0.3) is 16.7 Å². The van der Waals surface area contributed by atoms with Gasteiger partial charge in [-0.1, -0.05) is 0 Å². The van der Waals surface area contributed by atoms with Gasteiger partial charge in [0.05, 0.1) is 36.7 Å². The predicted octanol–water partition coefficient (Wildman–Crippen LogP) is 2.44. The monoisotopic (exact) mass is 375 g/mol. The highest BCUT2D eigenvalue weighted by Gasteiger charge is 2.23. The molecule has 0 N–H and O–H groups in total. The summed E-state index contributed by atoms with van der Waals surface area (Å²) in [5.41, 5.74) is 3.91. The first-order valence-electron chi connectivity index (χ1n) is 8.52. The maximum atomic E-state index is 11.3. The van der Waals surface area contributed by atoms with Crippen LogP contribution < -0.4 is 9.64 Å². The van der Waals surface area contributed by atoms with Crippen LogP contribution in [0.5, 0.6) is 5.75 Å². The third-order valence-corrected chi connectivity index (χ3v) is 5.33. The number of aromatic nitrogens is 2. The molecule has 0 aliphatic carbocycles. The minimum absolute atomic E-state index is 0.229. The normalized spacial score (nSPS) is 16.5. The maximum absolute atomic E-state index is 11.3. The first kappa shape index (κ1) is 17.1. The Labute approximate surface area is 152 Å². The Morgan fingerprint density at radius 1 is 1.15 bits per heavy atom. The van der Waals surface area contributed by atoms with Crippen LogP contribution in [0.3, 0.4) is 0 Å². The molecule has 3 heterocycles. The molecular weight excluding hydrogens is 354 g/mol. The highest BCUT2D eigenvalue weighted by atomic mass is 32.2. The van der Waals surface area contributed by atoms with Crippen molar-refractivity contribution in [2.24, 2.45) is 0 Å². The number of benzene rings is 1. The Hall–Kier alpha value is -2.32. The largest absolute Gasteiger partial charge is 0.495 e. The van der Waals surface area contributed by atoms with Crippen molar-refractivity contribution in [1.29, 1.82) is 0 Å². The number of anilines is 1. The van der Waals surface area contributed by atoms with Crippen molar-refractivity contribution in [2.45, 2.75) is 18.9 Å². The predicted molar refractivity (Wildman–Crippen MR) is 100 cm³/mol. The molecular formula is C18H21N3O4S. The van der Waals surface area contributed by atoms with E-state index in [0.29, 0.717) is 12.8 Å². The summed E-state index contributed by atoms with van der Waals surface area (Å²) < 4.78 is 35.0. The van der Waals surface area contributed by atoms with Crippen molar-refractivity contribution in [3.8, 4) is 5.75 Å². The lowest BCUT2D eigenvalue weighted by Crippen LogP contribution is -2.37. The number of nitrogens with zero attached hydrogens (tertiary/aromatic N) is 3. The Balaban J connectivity index is 1.57. The Kier molecular flexibility index (Phi) is 4.24. The first-order valence-corrected chi connectivity index (χ1v) is 10.3. The Bertz CT molecular complexity index is 1050. The summed E-state index contributed by atoms with van der Waals surface area (Å²) in [4.78, 5) is 6.93. The summed E-state index contributed by atoms with van der Waals surface area (Å²) in [5.74, 6) is 0.786. The zero-order chi connectivity index (χ0) is 18.3. The van der Waals surface area contributed by atoms with E-state index < -0.39 is 10.1 Å². The molecule has 0 unspecified atom stereocenters.